The van der Waals surface area contributed by atoms with Crippen molar-refractivity contribution in [2.24, 2.45) is 5.16 Å². The van der Waals surface area contributed by atoms with E-state index in [9.17, 15) is 29.7 Å². The number of aliphatic carboxylic acids is 1. The monoisotopic (exact) mass is 842 g/mol. The third kappa shape index (κ3) is 7.37. The van der Waals surface area contributed by atoms with Crippen molar-refractivity contribution >= 4 is 51.7 Å². The second-order valence-electron chi connectivity index (χ2n) is 15.3. The van der Waals surface area contributed by atoms with Crippen molar-refractivity contribution in [1.29, 1.82) is 0 Å². The molecule has 0 radical (unpaired) electrons. The summed E-state index contributed by atoms with van der Waals surface area (Å²) in [5, 5.41) is 42.9. The SMILES string of the molecule is O=C(O)C1=C(CN2Cc3cc(O)c(O)cc3C2)CS[C@H]2C(NC(=O)C(=NOC3CCCC3)c3csc(NC(c4ccccc4)(c4ccccc4)c4ccccc4)n3)C(=O)N12. The fourth-order valence-electron chi connectivity index (χ4n) is 8.60. The average molecular weight is 843 g/mol. The smallest absolute Gasteiger partial charge is 0.352 e. The van der Waals surface area contributed by atoms with E-state index in [0.717, 1.165) is 53.5 Å². The number of nitrogens with zero attached hydrogens (tertiary/aromatic N) is 4. The van der Waals surface area contributed by atoms with Crippen molar-refractivity contribution in [1.82, 2.24) is 20.1 Å². The van der Waals surface area contributed by atoms with Crippen LogP contribution in [0.2, 0.25) is 0 Å². The molecule has 0 bridgehead atoms. The minimum Gasteiger partial charge on any atom is -0.504 e. The number of amides is 2. The Kier molecular flexibility index (Phi) is 10.8. The molecular weight excluding hydrogens is 801 g/mol. The van der Waals surface area contributed by atoms with E-state index in [-0.39, 0.29) is 41.3 Å². The Bertz CT molecular complexity index is 2360. The minimum atomic E-state index is -1.23. The van der Waals surface area contributed by atoms with Crippen molar-refractivity contribution in [3.05, 3.63) is 153 Å². The van der Waals surface area contributed by atoms with Gasteiger partial charge in [-0.2, -0.15) is 0 Å². The third-order valence-corrected chi connectivity index (χ3v) is 13.6. The lowest BCUT2D eigenvalue weighted by atomic mass is 9.77. The number of carbonyl (C=O) groups excluding carboxylic acids is 2. The van der Waals surface area contributed by atoms with Crippen LogP contribution < -0.4 is 10.6 Å². The molecule has 0 spiro atoms. The molecule has 1 saturated heterocycles. The maximum absolute atomic E-state index is 14.3. The predicted molar refractivity (Wildman–Crippen MR) is 228 cm³/mol. The van der Waals surface area contributed by atoms with Gasteiger partial charge in [-0.3, -0.25) is 19.4 Å². The zero-order chi connectivity index (χ0) is 41.4. The predicted octanol–water partition coefficient (Wildman–Crippen LogP) is 6.38. The molecule has 1 aromatic heterocycles. The Hall–Kier alpha value is -6.16. The lowest BCUT2D eigenvalue weighted by Gasteiger charge is -2.49. The number of anilines is 1. The third-order valence-electron chi connectivity index (χ3n) is 11.5. The molecule has 2 amide bonds. The second-order valence-corrected chi connectivity index (χ2v) is 17.3. The average Bonchev–Trinajstić information content (AvgIpc) is 4.05. The van der Waals surface area contributed by atoms with Crippen molar-refractivity contribution < 1.29 is 34.5 Å². The summed E-state index contributed by atoms with van der Waals surface area (Å²) in [6.45, 7) is 1.17. The highest BCUT2D eigenvalue weighted by Crippen LogP contribution is 2.43. The van der Waals surface area contributed by atoms with Gasteiger partial charge >= 0.3 is 5.97 Å². The van der Waals surface area contributed by atoms with E-state index in [1.807, 2.05) is 59.5 Å². The summed E-state index contributed by atoms with van der Waals surface area (Å²) in [5.74, 6) is -2.52. The number of thioether (sulfide) groups is 1. The minimum absolute atomic E-state index is 0.0802. The maximum atomic E-state index is 14.3. The van der Waals surface area contributed by atoms with Gasteiger partial charge in [-0.25, -0.2) is 9.78 Å². The molecule has 1 saturated carbocycles. The number of carboxylic acid groups (broad SMARTS) is 1. The van der Waals surface area contributed by atoms with Crippen LogP contribution in [0.1, 0.15) is 59.2 Å². The van der Waals surface area contributed by atoms with Gasteiger partial charge in [0.25, 0.3) is 11.8 Å². The van der Waals surface area contributed by atoms with Gasteiger partial charge in [-0.1, -0.05) is 96.2 Å². The first kappa shape index (κ1) is 39.3. The van der Waals surface area contributed by atoms with Gasteiger partial charge in [-0.15, -0.1) is 23.1 Å². The number of β-lactam (4-membered cyclic amide) rings is 1. The Morgan fingerprint density at radius 2 is 1.43 bits per heavy atom. The summed E-state index contributed by atoms with van der Waals surface area (Å²) in [4.78, 5) is 54.9. The van der Waals surface area contributed by atoms with Crippen molar-refractivity contribution in [2.45, 2.75) is 61.8 Å². The van der Waals surface area contributed by atoms with Crippen LogP contribution in [0.4, 0.5) is 5.13 Å². The van der Waals surface area contributed by atoms with Crippen LogP contribution in [0.15, 0.2) is 125 Å². The molecule has 60 heavy (non-hydrogen) atoms. The first-order chi connectivity index (χ1) is 29.2. The largest absolute Gasteiger partial charge is 0.504 e. The van der Waals surface area contributed by atoms with Crippen LogP contribution >= 0.6 is 23.1 Å². The molecule has 13 nitrogen and oxygen atoms in total. The number of fused-ring (bicyclic) bond motifs is 2. The number of thiazole rings is 1. The quantitative estimate of drug-likeness (QED) is 0.0293. The Morgan fingerprint density at radius 1 is 0.867 bits per heavy atom. The Morgan fingerprint density at radius 3 is 1.98 bits per heavy atom. The molecule has 5 N–H and O–H groups in total. The number of rotatable bonds is 13. The summed E-state index contributed by atoms with van der Waals surface area (Å²) in [6, 6.07) is 32.3. The number of hydrogen-bond donors (Lipinski definition) is 5. The van der Waals surface area contributed by atoms with Crippen LogP contribution in [0.5, 0.6) is 11.5 Å². The number of oxime groups is 1. The van der Waals surface area contributed by atoms with E-state index in [1.54, 1.807) is 5.38 Å². The summed E-state index contributed by atoms with van der Waals surface area (Å²) in [7, 11) is 0. The molecule has 9 rings (SSSR count). The number of carboxylic acids is 1. The number of hydrogen-bond acceptors (Lipinski definition) is 12. The van der Waals surface area contributed by atoms with Gasteiger partial charge in [0.1, 0.15) is 34.4 Å². The van der Waals surface area contributed by atoms with Crippen LogP contribution in [0, 0.1) is 0 Å². The fourth-order valence-corrected chi connectivity index (χ4v) is 10.7. The van der Waals surface area contributed by atoms with Crippen molar-refractivity contribution in [3.8, 4) is 11.5 Å². The van der Waals surface area contributed by atoms with Crippen LogP contribution in [0.3, 0.4) is 0 Å². The van der Waals surface area contributed by atoms with Crippen LogP contribution in [-0.2, 0) is 37.8 Å². The van der Waals surface area contributed by atoms with Crippen LogP contribution in [-0.4, -0.2) is 83.4 Å². The summed E-state index contributed by atoms with van der Waals surface area (Å²) >= 11 is 2.70. The van der Waals surface area contributed by atoms with Gasteiger partial charge in [0.2, 0.25) is 0 Å². The standard InChI is InChI=1S/C45H42N6O7S2/c52-35-20-27-22-50(23-28(27)21-36(35)53)24-29-25-59-42-38(41(55)51(42)39(29)43(56)57)47-40(54)37(49-58-33-18-10-11-19-33)34-26-60-44(46-34)48-45(30-12-4-1-5-13-30,31-14-6-2-7-15-31)32-16-8-3-9-17-32/h1-9,12-17,20-21,26,33,38,42,52-53H,10-11,18-19,22-25H2,(H,46,48)(H,47,54)(H,56,57)/t38?,42-/m0/s1. The van der Waals surface area contributed by atoms with Gasteiger partial charge < -0.3 is 30.8 Å². The van der Waals surface area contributed by atoms with Gasteiger partial charge in [-0.05, 0) is 71.2 Å². The van der Waals surface area contributed by atoms with Crippen molar-refractivity contribution in [3.63, 3.8) is 0 Å². The summed E-state index contributed by atoms with van der Waals surface area (Å²) < 4.78 is 0. The highest BCUT2D eigenvalue weighted by molar-refractivity contribution is 8.00. The maximum Gasteiger partial charge on any atom is 0.352 e. The van der Waals surface area contributed by atoms with E-state index in [4.69, 9.17) is 9.82 Å². The molecule has 15 heteroatoms. The first-order valence-corrected chi connectivity index (χ1v) is 21.7. The normalized spacial score (nSPS) is 19.4. The Labute approximate surface area is 354 Å². The lowest BCUT2D eigenvalue weighted by Crippen LogP contribution is -2.71. The summed E-state index contributed by atoms with van der Waals surface area (Å²) in [5.41, 5.74) is 4.43. The number of benzene rings is 4. The number of aromatic nitrogens is 1. The Balaban J connectivity index is 0.975. The molecule has 5 aromatic rings. The van der Waals surface area contributed by atoms with Gasteiger partial charge in [0.15, 0.2) is 22.3 Å². The molecule has 3 aliphatic heterocycles. The highest BCUT2D eigenvalue weighted by Gasteiger charge is 2.54. The molecule has 2 fully saturated rings. The van der Waals surface area contributed by atoms with E-state index >= 15 is 0 Å². The van der Waals surface area contributed by atoms with E-state index in [1.165, 1.54) is 40.1 Å². The van der Waals surface area contributed by atoms with Crippen LogP contribution in [0.25, 0.3) is 0 Å². The topological polar surface area (TPSA) is 177 Å². The highest BCUT2D eigenvalue weighted by atomic mass is 32.2. The van der Waals surface area contributed by atoms with Gasteiger partial charge in [0.05, 0.1) is 0 Å². The number of carbonyl (C=O) groups is 3. The number of nitrogens with one attached hydrogen (secondary N) is 2. The molecule has 1 aliphatic carbocycles. The number of aromatic hydroxyl groups is 2. The lowest BCUT2D eigenvalue weighted by molar-refractivity contribution is -0.150. The molecule has 4 heterocycles. The molecule has 4 aromatic carbocycles. The zero-order valence-corrected chi connectivity index (χ0v) is 34.0. The summed E-state index contributed by atoms with van der Waals surface area (Å²) in [6.07, 6.45) is 3.47. The van der Waals surface area contributed by atoms with E-state index in [0.29, 0.717) is 29.5 Å². The molecule has 306 valence electrons. The van der Waals surface area contributed by atoms with E-state index < -0.39 is 34.7 Å². The fraction of sp³-hybridized carbons (Fsp3) is 0.267. The number of phenolic OH excluding ortho intramolecular Hbond substituents is 2. The molecule has 2 atom stereocenters. The van der Waals surface area contributed by atoms with Crippen molar-refractivity contribution in [2.75, 3.05) is 17.6 Å². The number of phenols is 2. The second kappa shape index (κ2) is 16.5. The molecule has 1 unspecified atom stereocenters. The molecular formula is C45H42N6O7S2. The molecule has 4 aliphatic rings. The van der Waals surface area contributed by atoms with Gasteiger partial charge in [0, 0.05) is 30.8 Å². The van der Waals surface area contributed by atoms with E-state index in [2.05, 4.69) is 52.2 Å². The zero-order valence-electron chi connectivity index (χ0n) is 32.4. The first-order valence-electron chi connectivity index (χ1n) is 19.8.